The van der Waals surface area contributed by atoms with Crippen LogP contribution in [0.4, 0.5) is 18.9 Å². The standard InChI is InChI=1S/C19H28F3N5O/c1-3-23-18(26-17-9-11-27(12-17)13-19(20,21)22)24-10-8-15-4-6-16(7-5-15)25-14(2)28/h4-7,17H,3,8-13H2,1-2H3,(H,25,28)(H2,23,24,26). The number of aliphatic imine (C=N–C) groups is 1. The van der Waals surface area contributed by atoms with Crippen LogP contribution in [0.2, 0.25) is 0 Å². The first-order chi connectivity index (χ1) is 13.2. The largest absolute Gasteiger partial charge is 0.401 e. The molecule has 9 heteroatoms. The van der Waals surface area contributed by atoms with Gasteiger partial charge in [-0.25, -0.2) is 0 Å². The molecular formula is C19H28F3N5O. The van der Waals surface area contributed by atoms with Crippen LogP contribution in [-0.2, 0) is 11.2 Å². The lowest BCUT2D eigenvalue weighted by Gasteiger charge is -2.19. The second kappa shape index (κ2) is 10.3. The van der Waals surface area contributed by atoms with Gasteiger partial charge in [-0.15, -0.1) is 0 Å². The average molecular weight is 399 g/mol. The highest BCUT2D eigenvalue weighted by Gasteiger charge is 2.34. The molecule has 0 aliphatic carbocycles. The number of rotatable bonds is 7. The van der Waals surface area contributed by atoms with Gasteiger partial charge in [-0.05, 0) is 37.5 Å². The molecule has 3 N–H and O–H groups in total. The van der Waals surface area contributed by atoms with Crippen molar-refractivity contribution in [2.75, 3.05) is 38.0 Å². The summed E-state index contributed by atoms with van der Waals surface area (Å²) in [7, 11) is 0. The van der Waals surface area contributed by atoms with Gasteiger partial charge in [0.1, 0.15) is 0 Å². The van der Waals surface area contributed by atoms with Crippen molar-refractivity contribution in [1.82, 2.24) is 15.5 Å². The summed E-state index contributed by atoms with van der Waals surface area (Å²) < 4.78 is 37.5. The van der Waals surface area contributed by atoms with Crippen LogP contribution in [0.25, 0.3) is 0 Å². The van der Waals surface area contributed by atoms with Crippen LogP contribution >= 0.6 is 0 Å². The minimum Gasteiger partial charge on any atom is -0.357 e. The fourth-order valence-electron chi connectivity index (χ4n) is 3.12. The molecule has 1 fully saturated rings. The van der Waals surface area contributed by atoms with Crippen molar-refractivity contribution in [3.8, 4) is 0 Å². The molecule has 1 unspecified atom stereocenters. The molecule has 0 aromatic heterocycles. The monoisotopic (exact) mass is 399 g/mol. The lowest BCUT2D eigenvalue weighted by Crippen LogP contribution is -2.45. The number of hydrogen-bond acceptors (Lipinski definition) is 3. The lowest BCUT2D eigenvalue weighted by molar-refractivity contribution is -0.143. The van der Waals surface area contributed by atoms with Gasteiger partial charge >= 0.3 is 6.18 Å². The molecule has 1 aliphatic heterocycles. The summed E-state index contributed by atoms with van der Waals surface area (Å²) in [4.78, 5) is 17.0. The van der Waals surface area contributed by atoms with Gasteiger partial charge in [0.15, 0.2) is 5.96 Å². The Morgan fingerprint density at radius 3 is 2.61 bits per heavy atom. The van der Waals surface area contributed by atoms with E-state index in [0.29, 0.717) is 38.6 Å². The van der Waals surface area contributed by atoms with E-state index in [1.165, 1.54) is 11.8 Å². The molecule has 1 saturated heterocycles. The van der Waals surface area contributed by atoms with E-state index in [1.807, 2.05) is 31.2 Å². The fraction of sp³-hybridized carbons (Fsp3) is 0.579. The van der Waals surface area contributed by atoms with Crippen LogP contribution < -0.4 is 16.0 Å². The van der Waals surface area contributed by atoms with E-state index in [0.717, 1.165) is 17.7 Å². The predicted molar refractivity (Wildman–Crippen MR) is 104 cm³/mol. The van der Waals surface area contributed by atoms with Crippen LogP contribution in [0.5, 0.6) is 0 Å². The number of benzene rings is 1. The third-order valence-electron chi connectivity index (χ3n) is 4.31. The van der Waals surface area contributed by atoms with Crippen molar-refractivity contribution in [2.45, 2.75) is 38.9 Å². The van der Waals surface area contributed by atoms with Crippen molar-refractivity contribution in [3.63, 3.8) is 0 Å². The first kappa shape index (κ1) is 22.0. The molecule has 6 nitrogen and oxygen atoms in total. The minimum atomic E-state index is -4.16. The molecule has 1 heterocycles. The number of carbonyl (C=O) groups is 1. The van der Waals surface area contributed by atoms with E-state index in [2.05, 4.69) is 20.9 Å². The molecule has 0 spiro atoms. The molecule has 1 amide bonds. The van der Waals surface area contributed by atoms with Gasteiger partial charge < -0.3 is 16.0 Å². The number of anilines is 1. The Balaban J connectivity index is 1.83. The Labute approximate surface area is 163 Å². The molecule has 28 heavy (non-hydrogen) atoms. The van der Waals surface area contributed by atoms with Gasteiger partial charge in [-0.2, -0.15) is 13.2 Å². The molecule has 0 bridgehead atoms. The lowest BCUT2D eigenvalue weighted by atomic mass is 10.1. The normalized spacial score (nSPS) is 18.2. The van der Waals surface area contributed by atoms with E-state index in [1.54, 1.807) is 0 Å². The highest BCUT2D eigenvalue weighted by Crippen LogP contribution is 2.19. The number of likely N-dealkylation sites (tertiary alicyclic amines) is 1. The third kappa shape index (κ3) is 8.16. The summed E-state index contributed by atoms with van der Waals surface area (Å²) in [5.74, 6) is 0.510. The summed E-state index contributed by atoms with van der Waals surface area (Å²) in [5, 5.41) is 9.09. The number of guanidine groups is 1. The number of amides is 1. The summed E-state index contributed by atoms with van der Waals surface area (Å²) >= 11 is 0. The summed E-state index contributed by atoms with van der Waals surface area (Å²) in [5.41, 5.74) is 1.84. The summed E-state index contributed by atoms with van der Waals surface area (Å²) in [6.07, 6.45) is -2.78. The van der Waals surface area contributed by atoms with Crippen molar-refractivity contribution < 1.29 is 18.0 Å². The van der Waals surface area contributed by atoms with Crippen LogP contribution in [0.15, 0.2) is 29.3 Å². The van der Waals surface area contributed by atoms with Gasteiger partial charge in [0.05, 0.1) is 6.54 Å². The number of nitrogens with zero attached hydrogens (tertiary/aromatic N) is 2. The zero-order chi connectivity index (χ0) is 20.6. The fourth-order valence-corrected chi connectivity index (χ4v) is 3.12. The van der Waals surface area contributed by atoms with Gasteiger partial charge in [0, 0.05) is 44.8 Å². The Hall–Kier alpha value is -2.29. The number of carbonyl (C=O) groups excluding carboxylic acids is 1. The van der Waals surface area contributed by atoms with E-state index < -0.39 is 12.7 Å². The first-order valence-electron chi connectivity index (χ1n) is 9.45. The van der Waals surface area contributed by atoms with Crippen molar-refractivity contribution in [1.29, 1.82) is 0 Å². The Morgan fingerprint density at radius 2 is 2.00 bits per heavy atom. The zero-order valence-electron chi connectivity index (χ0n) is 16.3. The summed E-state index contributed by atoms with van der Waals surface area (Å²) in [6, 6.07) is 7.52. The maximum atomic E-state index is 12.5. The Bertz CT molecular complexity index is 661. The molecule has 1 aromatic carbocycles. The second-order valence-corrected chi connectivity index (χ2v) is 6.87. The number of hydrogen-bond donors (Lipinski definition) is 3. The Kier molecular flexibility index (Phi) is 8.10. The number of halogens is 3. The maximum Gasteiger partial charge on any atom is 0.401 e. The van der Waals surface area contributed by atoms with Gasteiger partial charge in [0.2, 0.25) is 5.91 Å². The van der Waals surface area contributed by atoms with Crippen molar-refractivity contribution in [2.24, 2.45) is 4.99 Å². The van der Waals surface area contributed by atoms with Crippen LogP contribution in [0, 0.1) is 0 Å². The van der Waals surface area contributed by atoms with Gasteiger partial charge in [-0.3, -0.25) is 14.7 Å². The number of nitrogens with one attached hydrogen (secondary N) is 3. The quantitative estimate of drug-likeness (QED) is 0.487. The van der Waals surface area contributed by atoms with Crippen LogP contribution in [0.3, 0.4) is 0 Å². The van der Waals surface area contributed by atoms with Crippen LogP contribution in [0.1, 0.15) is 25.8 Å². The maximum absolute atomic E-state index is 12.5. The number of alkyl halides is 3. The molecule has 1 atom stereocenters. The van der Waals surface area contributed by atoms with Gasteiger partial charge in [0.25, 0.3) is 0 Å². The van der Waals surface area contributed by atoms with Gasteiger partial charge in [-0.1, -0.05) is 12.1 Å². The highest BCUT2D eigenvalue weighted by molar-refractivity contribution is 5.88. The Morgan fingerprint density at radius 1 is 1.29 bits per heavy atom. The average Bonchev–Trinajstić information content (AvgIpc) is 3.01. The van der Waals surface area contributed by atoms with E-state index in [9.17, 15) is 18.0 Å². The second-order valence-electron chi connectivity index (χ2n) is 6.87. The topological polar surface area (TPSA) is 68.8 Å². The minimum absolute atomic E-state index is 0.0444. The molecule has 2 rings (SSSR count). The molecule has 0 saturated carbocycles. The van der Waals surface area contributed by atoms with E-state index in [-0.39, 0.29) is 11.9 Å². The smallest absolute Gasteiger partial charge is 0.357 e. The van der Waals surface area contributed by atoms with Crippen molar-refractivity contribution in [3.05, 3.63) is 29.8 Å². The molecule has 1 aliphatic rings. The molecule has 156 valence electrons. The predicted octanol–water partition coefficient (Wildman–Crippen LogP) is 2.38. The first-order valence-corrected chi connectivity index (χ1v) is 9.45. The SMILES string of the molecule is CCNC(=NCCc1ccc(NC(C)=O)cc1)NC1CCN(CC(F)(F)F)C1. The molecular weight excluding hydrogens is 371 g/mol. The molecule has 0 radical (unpaired) electrons. The zero-order valence-corrected chi connectivity index (χ0v) is 16.3. The molecule has 1 aromatic rings. The van der Waals surface area contributed by atoms with E-state index in [4.69, 9.17) is 0 Å². The summed E-state index contributed by atoms with van der Waals surface area (Å²) in [6.45, 7) is 4.55. The van der Waals surface area contributed by atoms with Crippen molar-refractivity contribution >= 4 is 17.6 Å². The highest BCUT2D eigenvalue weighted by atomic mass is 19.4. The third-order valence-corrected chi connectivity index (χ3v) is 4.31. The van der Waals surface area contributed by atoms with E-state index >= 15 is 0 Å². The van der Waals surface area contributed by atoms with Crippen LogP contribution in [-0.4, -0.2) is 61.7 Å².